The number of fused-ring (bicyclic) bond motifs is 1. The zero-order chi connectivity index (χ0) is 19.9. The number of hydrogen-bond acceptors (Lipinski definition) is 6. The van der Waals surface area contributed by atoms with Crippen molar-refractivity contribution < 1.29 is 32.2 Å². The molecule has 1 aliphatic rings. The van der Waals surface area contributed by atoms with Gasteiger partial charge in [0.05, 0.1) is 24.8 Å². The Hall–Kier alpha value is -2.62. The summed E-state index contributed by atoms with van der Waals surface area (Å²) in [7, 11) is 0. The first-order valence-corrected chi connectivity index (χ1v) is 8.30. The molecule has 3 heterocycles. The second-order valence-electron chi connectivity index (χ2n) is 5.75. The highest BCUT2D eigenvalue weighted by Gasteiger charge is 2.38. The Kier molecular flexibility index (Phi) is 7.17. The van der Waals surface area contributed by atoms with Gasteiger partial charge in [-0.3, -0.25) is 4.90 Å². The van der Waals surface area contributed by atoms with Crippen LogP contribution < -0.4 is 4.74 Å². The van der Waals surface area contributed by atoms with E-state index >= 15 is 0 Å². The molecule has 0 spiro atoms. The molecule has 0 fully saturated rings. The van der Waals surface area contributed by atoms with Gasteiger partial charge in [-0.15, -0.1) is 0 Å². The van der Waals surface area contributed by atoms with Crippen LogP contribution in [0.2, 0.25) is 0 Å². The van der Waals surface area contributed by atoms with Crippen molar-refractivity contribution in [2.45, 2.75) is 32.5 Å². The first-order chi connectivity index (χ1) is 12.8. The van der Waals surface area contributed by atoms with Crippen LogP contribution in [-0.2, 0) is 24.2 Å². The summed E-state index contributed by atoms with van der Waals surface area (Å²) in [5, 5.41) is 7.12. The number of rotatable bonds is 4. The van der Waals surface area contributed by atoms with Crippen LogP contribution in [0.3, 0.4) is 0 Å². The Morgan fingerprint density at radius 2 is 2.04 bits per heavy atom. The van der Waals surface area contributed by atoms with Crippen molar-refractivity contribution in [1.82, 2.24) is 14.9 Å². The van der Waals surface area contributed by atoms with E-state index in [9.17, 15) is 13.2 Å². The second kappa shape index (κ2) is 9.36. The van der Waals surface area contributed by atoms with Crippen LogP contribution >= 0.6 is 0 Å². The molecule has 0 amide bonds. The van der Waals surface area contributed by atoms with Crippen molar-refractivity contribution in [2.24, 2.45) is 0 Å². The molecule has 1 aliphatic heterocycles. The normalized spacial score (nSPS) is 14.5. The second-order valence-corrected chi connectivity index (χ2v) is 5.75. The standard InChI is InChI=1S/C15H19N3O2.C2HF3O2/c1-2-20-15-13-3-6-18(9-12-5-8-19-10-12)7-4-14(13)16-11-17-15;3-2(4,5)1(6)7/h5,8,10-11H,2-4,6-7,9H2,1H3;(H,6,7). The Labute approximate surface area is 153 Å². The third kappa shape index (κ3) is 6.24. The van der Waals surface area contributed by atoms with Gasteiger partial charge in [0, 0.05) is 37.2 Å². The number of halogens is 3. The lowest BCUT2D eigenvalue weighted by atomic mass is 10.1. The maximum Gasteiger partial charge on any atom is 0.490 e. The summed E-state index contributed by atoms with van der Waals surface area (Å²) in [5.41, 5.74) is 3.51. The summed E-state index contributed by atoms with van der Waals surface area (Å²) in [4.78, 5) is 20.0. The molecule has 0 saturated carbocycles. The minimum atomic E-state index is -5.08. The van der Waals surface area contributed by atoms with Crippen LogP contribution in [0.15, 0.2) is 29.3 Å². The molecular weight excluding hydrogens is 367 g/mol. The lowest BCUT2D eigenvalue weighted by Crippen LogP contribution is -2.25. The molecule has 3 rings (SSSR count). The third-order valence-corrected chi connectivity index (χ3v) is 3.85. The molecule has 2 aromatic rings. The van der Waals surface area contributed by atoms with E-state index in [4.69, 9.17) is 19.1 Å². The molecule has 0 radical (unpaired) electrons. The molecule has 0 saturated heterocycles. The summed E-state index contributed by atoms with van der Waals surface area (Å²) < 4.78 is 42.5. The van der Waals surface area contributed by atoms with Crippen LogP contribution in [0.1, 0.15) is 23.7 Å². The number of carbonyl (C=O) groups is 1. The van der Waals surface area contributed by atoms with Gasteiger partial charge in [-0.1, -0.05) is 0 Å². The molecule has 0 unspecified atom stereocenters. The predicted octanol–water partition coefficient (Wildman–Crippen LogP) is 2.70. The van der Waals surface area contributed by atoms with Crippen molar-refractivity contribution in [2.75, 3.05) is 19.7 Å². The maximum absolute atomic E-state index is 10.6. The third-order valence-electron chi connectivity index (χ3n) is 3.85. The minimum Gasteiger partial charge on any atom is -0.478 e. The van der Waals surface area contributed by atoms with E-state index in [1.165, 1.54) is 11.1 Å². The zero-order valence-electron chi connectivity index (χ0n) is 14.7. The summed E-state index contributed by atoms with van der Waals surface area (Å²) in [5.74, 6) is -2.00. The molecule has 0 aliphatic carbocycles. The Morgan fingerprint density at radius 3 is 2.63 bits per heavy atom. The van der Waals surface area contributed by atoms with E-state index in [-0.39, 0.29) is 0 Å². The monoisotopic (exact) mass is 387 g/mol. The lowest BCUT2D eigenvalue weighted by molar-refractivity contribution is -0.192. The number of aliphatic carboxylic acids is 1. The van der Waals surface area contributed by atoms with E-state index in [0.29, 0.717) is 6.61 Å². The number of furan rings is 1. The van der Waals surface area contributed by atoms with Gasteiger partial charge >= 0.3 is 12.1 Å². The van der Waals surface area contributed by atoms with Crippen LogP contribution in [0.25, 0.3) is 0 Å². The van der Waals surface area contributed by atoms with E-state index in [1.54, 1.807) is 12.6 Å². The fourth-order valence-corrected chi connectivity index (χ4v) is 2.60. The first kappa shape index (κ1) is 20.7. The highest BCUT2D eigenvalue weighted by molar-refractivity contribution is 5.73. The van der Waals surface area contributed by atoms with Gasteiger partial charge in [0.25, 0.3) is 0 Å². The number of nitrogens with zero attached hydrogens (tertiary/aromatic N) is 3. The number of alkyl halides is 3. The molecule has 1 N–H and O–H groups in total. The van der Waals surface area contributed by atoms with E-state index in [2.05, 4.69) is 14.9 Å². The number of ether oxygens (including phenoxy) is 1. The molecule has 7 nitrogen and oxygen atoms in total. The molecule has 27 heavy (non-hydrogen) atoms. The zero-order valence-corrected chi connectivity index (χ0v) is 14.7. The molecule has 148 valence electrons. The molecule has 0 atom stereocenters. The fourth-order valence-electron chi connectivity index (χ4n) is 2.60. The average molecular weight is 387 g/mol. The largest absolute Gasteiger partial charge is 0.490 e. The van der Waals surface area contributed by atoms with E-state index in [0.717, 1.165) is 44.0 Å². The topological polar surface area (TPSA) is 88.7 Å². The van der Waals surface area contributed by atoms with Crippen LogP contribution in [0.4, 0.5) is 13.2 Å². The Balaban J connectivity index is 0.000000321. The minimum absolute atomic E-state index is 0.641. The molecule has 2 aromatic heterocycles. The fraction of sp³-hybridized carbons (Fsp3) is 0.471. The Morgan fingerprint density at radius 1 is 1.33 bits per heavy atom. The molecular formula is C17H20F3N3O4. The number of aromatic nitrogens is 2. The number of carboxylic acids is 1. The van der Waals surface area contributed by atoms with Crippen LogP contribution in [0, 0.1) is 0 Å². The average Bonchev–Trinajstić information content (AvgIpc) is 3.02. The van der Waals surface area contributed by atoms with Crippen molar-refractivity contribution in [1.29, 1.82) is 0 Å². The van der Waals surface area contributed by atoms with Gasteiger partial charge < -0.3 is 14.3 Å². The summed E-state index contributed by atoms with van der Waals surface area (Å²) in [6, 6.07) is 2.02. The highest BCUT2D eigenvalue weighted by Crippen LogP contribution is 2.22. The highest BCUT2D eigenvalue weighted by atomic mass is 19.4. The van der Waals surface area contributed by atoms with Crippen molar-refractivity contribution >= 4 is 5.97 Å². The lowest BCUT2D eigenvalue weighted by Gasteiger charge is -2.18. The molecule has 10 heteroatoms. The quantitative estimate of drug-likeness (QED) is 0.863. The number of hydrogen-bond donors (Lipinski definition) is 1. The van der Waals surface area contributed by atoms with Crippen molar-refractivity contribution in [3.8, 4) is 5.88 Å². The van der Waals surface area contributed by atoms with Gasteiger partial charge in [0.15, 0.2) is 0 Å². The maximum atomic E-state index is 10.6. The van der Waals surface area contributed by atoms with E-state index in [1.807, 2.05) is 19.3 Å². The van der Waals surface area contributed by atoms with Gasteiger partial charge in [0.2, 0.25) is 5.88 Å². The van der Waals surface area contributed by atoms with Crippen molar-refractivity contribution in [3.05, 3.63) is 41.7 Å². The van der Waals surface area contributed by atoms with Gasteiger partial charge in [-0.05, 0) is 19.4 Å². The van der Waals surface area contributed by atoms with Crippen molar-refractivity contribution in [3.63, 3.8) is 0 Å². The van der Waals surface area contributed by atoms with Crippen LogP contribution in [0.5, 0.6) is 5.88 Å². The summed E-state index contributed by atoms with van der Waals surface area (Å²) in [6.45, 7) is 5.53. The predicted molar refractivity (Wildman–Crippen MR) is 88.3 cm³/mol. The van der Waals surface area contributed by atoms with Crippen LogP contribution in [-0.4, -0.2) is 51.8 Å². The smallest absolute Gasteiger partial charge is 0.478 e. The first-order valence-electron chi connectivity index (χ1n) is 8.30. The van der Waals surface area contributed by atoms with Gasteiger partial charge in [-0.25, -0.2) is 14.8 Å². The summed E-state index contributed by atoms with van der Waals surface area (Å²) >= 11 is 0. The summed E-state index contributed by atoms with van der Waals surface area (Å²) in [6.07, 6.45) is 1.93. The number of carboxylic acid groups (broad SMARTS) is 1. The van der Waals surface area contributed by atoms with E-state index < -0.39 is 12.1 Å². The SMILES string of the molecule is CCOc1ncnc2c1CCN(Cc1ccoc1)CC2.O=C(O)C(F)(F)F. The van der Waals surface area contributed by atoms with Gasteiger partial charge in [0.1, 0.15) is 6.33 Å². The Bertz CT molecular complexity index is 736. The molecule has 0 bridgehead atoms. The molecule has 0 aromatic carbocycles. The van der Waals surface area contributed by atoms with Gasteiger partial charge in [-0.2, -0.15) is 13.2 Å².